The molecule has 7 heteroatoms. The van der Waals surface area contributed by atoms with Crippen LogP contribution in [0, 0.1) is 6.92 Å². The van der Waals surface area contributed by atoms with E-state index < -0.39 is 0 Å². The monoisotopic (exact) mass is 500 g/mol. The number of aryl methyl sites for hydroxylation is 1. The van der Waals surface area contributed by atoms with Gasteiger partial charge < -0.3 is 24.4 Å². The maximum Gasteiger partial charge on any atom is 0.163 e. The summed E-state index contributed by atoms with van der Waals surface area (Å²) in [5.41, 5.74) is 5.18. The third kappa shape index (κ3) is 6.29. The van der Waals surface area contributed by atoms with Gasteiger partial charge in [0, 0.05) is 36.4 Å². The van der Waals surface area contributed by atoms with Gasteiger partial charge in [-0.15, -0.1) is 0 Å². The summed E-state index contributed by atoms with van der Waals surface area (Å²) in [6, 6.07) is 18.1. The molecule has 0 amide bonds. The quantitative estimate of drug-likeness (QED) is 0.352. The Morgan fingerprint density at radius 3 is 2.35 bits per heavy atom. The molecule has 1 heterocycles. The van der Waals surface area contributed by atoms with Crippen LogP contribution < -0.4 is 19.7 Å². The molecule has 0 unspecified atom stereocenters. The summed E-state index contributed by atoms with van der Waals surface area (Å²) < 4.78 is 17.3. The summed E-state index contributed by atoms with van der Waals surface area (Å²) in [4.78, 5) is 2.25. The van der Waals surface area contributed by atoms with Gasteiger partial charge in [0.15, 0.2) is 11.5 Å². The van der Waals surface area contributed by atoms with Crippen molar-refractivity contribution >= 4 is 34.6 Å². The molecule has 5 nitrogen and oxygen atoms in total. The number of ether oxygens (including phenoxy) is 3. The molecule has 1 aliphatic rings. The molecule has 4 rings (SSSR count). The second-order valence-corrected chi connectivity index (χ2v) is 9.03. The van der Waals surface area contributed by atoms with Crippen LogP contribution in [0.4, 0.5) is 11.4 Å². The van der Waals surface area contributed by atoms with E-state index in [1.54, 1.807) is 0 Å². The van der Waals surface area contributed by atoms with E-state index in [2.05, 4.69) is 41.4 Å². The van der Waals surface area contributed by atoms with Gasteiger partial charge in [-0.2, -0.15) is 0 Å². The Labute approximate surface area is 211 Å². The maximum atomic E-state index is 6.61. The van der Waals surface area contributed by atoms with Crippen LogP contribution in [0.5, 0.6) is 11.5 Å². The van der Waals surface area contributed by atoms with E-state index in [-0.39, 0.29) is 0 Å². The third-order valence-electron chi connectivity index (χ3n) is 5.71. The largest absolute Gasteiger partial charge is 0.490 e. The molecular weight excluding hydrogens is 471 g/mol. The molecule has 0 spiro atoms. The molecule has 0 bridgehead atoms. The Kier molecular flexibility index (Phi) is 8.44. The van der Waals surface area contributed by atoms with Crippen molar-refractivity contribution in [3.8, 4) is 11.5 Å². The molecule has 0 saturated carbocycles. The van der Waals surface area contributed by atoms with Crippen LogP contribution in [0.25, 0.3) is 0 Å². The zero-order valence-electron chi connectivity index (χ0n) is 19.6. The van der Waals surface area contributed by atoms with Crippen LogP contribution in [0.2, 0.25) is 10.0 Å². The topological polar surface area (TPSA) is 43.0 Å². The second-order valence-electron chi connectivity index (χ2n) is 8.22. The second kappa shape index (κ2) is 11.7. The molecule has 180 valence electrons. The number of nitrogens with one attached hydrogen (secondary N) is 1. The molecular formula is C27H30Cl2N2O3. The van der Waals surface area contributed by atoms with Crippen LogP contribution in [0.15, 0.2) is 54.6 Å². The number of halogens is 2. The molecule has 0 radical (unpaired) electrons. The van der Waals surface area contributed by atoms with E-state index in [1.807, 2.05) is 37.3 Å². The van der Waals surface area contributed by atoms with Crippen LogP contribution in [-0.4, -0.2) is 32.9 Å². The maximum absolute atomic E-state index is 6.61. The lowest BCUT2D eigenvalue weighted by atomic mass is 10.1. The van der Waals surface area contributed by atoms with E-state index in [0.29, 0.717) is 41.3 Å². The van der Waals surface area contributed by atoms with Crippen molar-refractivity contribution in [2.24, 2.45) is 0 Å². The average molecular weight is 501 g/mol. The Morgan fingerprint density at radius 1 is 0.912 bits per heavy atom. The third-order valence-corrected chi connectivity index (χ3v) is 6.36. The number of hydrogen-bond donors (Lipinski definition) is 1. The summed E-state index contributed by atoms with van der Waals surface area (Å²) in [7, 11) is 0. The summed E-state index contributed by atoms with van der Waals surface area (Å²) in [5.74, 6) is 1.31. The fourth-order valence-electron chi connectivity index (χ4n) is 3.81. The van der Waals surface area contributed by atoms with E-state index in [0.717, 1.165) is 48.8 Å². The predicted molar refractivity (Wildman–Crippen MR) is 140 cm³/mol. The lowest BCUT2D eigenvalue weighted by molar-refractivity contribution is 0.122. The van der Waals surface area contributed by atoms with E-state index in [4.69, 9.17) is 37.4 Å². The standard InChI is InChI=1S/C27H30Cl2N2O3/c1-3-33-26-14-21(23(28)16-27(26)34-18-20-6-4-19(2)5-7-20)17-30-22-8-9-25(24(29)15-22)31-10-12-32-13-11-31/h4-9,14-16,30H,3,10-13,17-18H2,1-2H3. The Bertz CT molecular complexity index is 1100. The number of morpholine rings is 1. The predicted octanol–water partition coefficient (Wildman–Crippen LogP) is 6.73. The first-order chi connectivity index (χ1) is 16.5. The molecule has 1 aliphatic heterocycles. The number of anilines is 2. The number of rotatable bonds is 9. The average Bonchev–Trinajstić information content (AvgIpc) is 2.85. The minimum absolute atomic E-state index is 0.447. The van der Waals surface area contributed by atoms with Gasteiger partial charge in [0.25, 0.3) is 0 Å². The molecule has 0 aromatic heterocycles. The van der Waals surface area contributed by atoms with E-state index in [9.17, 15) is 0 Å². The lowest BCUT2D eigenvalue weighted by Crippen LogP contribution is -2.36. The minimum Gasteiger partial charge on any atom is -0.490 e. The Morgan fingerprint density at radius 2 is 1.65 bits per heavy atom. The van der Waals surface area contributed by atoms with Crippen LogP contribution >= 0.6 is 23.2 Å². The SMILES string of the molecule is CCOc1cc(CNc2ccc(N3CCOCC3)c(Cl)c2)c(Cl)cc1OCc1ccc(C)cc1. The van der Waals surface area contributed by atoms with Crippen molar-refractivity contribution in [2.45, 2.75) is 27.0 Å². The van der Waals surface area contributed by atoms with Gasteiger partial charge in [-0.3, -0.25) is 0 Å². The van der Waals surface area contributed by atoms with Crippen LogP contribution in [0.1, 0.15) is 23.6 Å². The first-order valence-electron chi connectivity index (χ1n) is 11.5. The molecule has 1 saturated heterocycles. The molecule has 1 N–H and O–H groups in total. The molecule has 3 aromatic rings. The van der Waals surface area contributed by atoms with Gasteiger partial charge >= 0.3 is 0 Å². The van der Waals surface area contributed by atoms with Gasteiger partial charge in [0.1, 0.15) is 6.61 Å². The van der Waals surface area contributed by atoms with Gasteiger partial charge in [-0.1, -0.05) is 53.0 Å². The van der Waals surface area contributed by atoms with E-state index in [1.165, 1.54) is 5.56 Å². The number of nitrogens with zero attached hydrogens (tertiary/aromatic N) is 1. The van der Waals surface area contributed by atoms with Crippen LogP contribution in [0.3, 0.4) is 0 Å². The summed E-state index contributed by atoms with van der Waals surface area (Å²) in [6.07, 6.45) is 0. The van der Waals surface area contributed by atoms with Gasteiger partial charge in [0.2, 0.25) is 0 Å². The highest BCUT2D eigenvalue weighted by Crippen LogP contribution is 2.35. The van der Waals surface area contributed by atoms with Gasteiger partial charge in [0.05, 0.1) is 30.5 Å². The van der Waals surface area contributed by atoms with Crippen molar-refractivity contribution in [2.75, 3.05) is 43.1 Å². The lowest BCUT2D eigenvalue weighted by Gasteiger charge is -2.29. The molecule has 1 fully saturated rings. The molecule has 0 atom stereocenters. The molecule has 3 aromatic carbocycles. The summed E-state index contributed by atoms with van der Waals surface area (Å²) in [6.45, 7) is 8.68. The summed E-state index contributed by atoms with van der Waals surface area (Å²) in [5, 5.41) is 4.75. The Hall–Kier alpha value is -2.60. The minimum atomic E-state index is 0.447. The zero-order valence-corrected chi connectivity index (χ0v) is 21.1. The first-order valence-corrected chi connectivity index (χ1v) is 12.3. The van der Waals surface area contributed by atoms with Crippen molar-refractivity contribution < 1.29 is 14.2 Å². The molecule has 0 aliphatic carbocycles. The van der Waals surface area contributed by atoms with E-state index >= 15 is 0 Å². The fraction of sp³-hybridized carbons (Fsp3) is 0.333. The first kappa shape index (κ1) is 24.5. The van der Waals surface area contributed by atoms with Crippen molar-refractivity contribution in [1.29, 1.82) is 0 Å². The van der Waals surface area contributed by atoms with Crippen LogP contribution in [-0.2, 0) is 17.9 Å². The molecule has 34 heavy (non-hydrogen) atoms. The summed E-state index contributed by atoms with van der Waals surface area (Å²) >= 11 is 13.2. The van der Waals surface area contributed by atoms with Crippen molar-refractivity contribution in [1.82, 2.24) is 0 Å². The number of benzene rings is 3. The highest BCUT2D eigenvalue weighted by Gasteiger charge is 2.15. The highest BCUT2D eigenvalue weighted by atomic mass is 35.5. The van der Waals surface area contributed by atoms with Gasteiger partial charge in [-0.25, -0.2) is 0 Å². The smallest absolute Gasteiger partial charge is 0.163 e. The van der Waals surface area contributed by atoms with Crippen molar-refractivity contribution in [3.63, 3.8) is 0 Å². The number of hydrogen-bond acceptors (Lipinski definition) is 5. The Balaban J connectivity index is 1.43. The van der Waals surface area contributed by atoms with Crippen molar-refractivity contribution in [3.05, 3.63) is 81.3 Å². The zero-order chi connectivity index (χ0) is 23.9. The fourth-order valence-corrected chi connectivity index (χ4v) is 4.33. The normalized spacial score (nSPS) is 13.6. The highest BCUT2D eigenvalue weighted by molar-refractivity contribution is 6.33. The van der Waals surface area contributed by atoms with Gasteiger partial charge in [-0.05, 0) is 49.2 Å².